The fourth-order valence-corrected chi connectivity index (χ4v) is 1.98. The molecule has 0 spiro atoms. The Bertz CT molecular complexity index is 353. The molecule has 3 heteroatoms. The minimum atomic E-state index is -0.787. The zero-order chi connectivity index (χ0) is 10.2. The van der Waals surface area contributed by atoms with Crippen molar-refractivity contribution >= 4 is 0 Å². The van der Waals surface area contributed by atoms with Crippen molar-refractivity contribution in [2.45, 2.75) is 24.9 Å². The maximum Gasteiger partial charge on any atom is 0.123 e. The van der Waals surface area contributed by atoms with Crippen molar-refractivity contribution in [3.05, 3.63) is 35.1 Å². The lowest BCUT2D eigenvalue weighted by atomic mass is 9.80. The molecular weight excluding hydrogens is 181 g/mol. The summed E-state index contributed by atoms with van der Waals surface area (Å²) in [6, 6.07) is 4.72. The molecular formula is C11H14FNO. The van der Waals surface area contributed by atoms with Gasteiger partial charge in [-0.2, -0.15) is 0 Å². The van der Waals surface area contributed by atoms with Crippen LogP contribution in [0.2, 0.25) is 0 Å². The third-order valence-electron chi connectivity index (χ3n) is 2.93. The molecule has 0 radical (unpaired) electrons. The Morgan fingerprint density at radius 2 is 2.21 bits per heavy atom. The van der Waals surface area contributed by atoms with E-state index in [0.29, 0.717) is 19.3 Å². The Morgan fingerprint density at radius 1 is 1.43 bits per heavy atom. The molecule has 1 aliphatic carbocycles. The normalized spacial score (nSPS) is 25.9. The predicted octanol–water partition coefficient (Wildman–Crippen LogP) is 1.00. The summed E-state index contributed by atoms with van der Waals surface area (Å²) >= 11 is 0. The van der Waals surface area contributed by atoms with Crippen LogP contribution in [0.1, 0.15) is 17.5 Å². The van der Waals surface area contributed by atoms with Crippen LogP contribution < -0.4 is 5.73 Å². The number of aliphatic hydroxyl groups is 1. The minimum Gasteiger partial charge on any atom is -0.388 e. The molecule has 0 saturated heterocycles. The number of benzene rings is 1. The molecule has 0 saturated carbocycles. The van der Waals surface area contributed by atoms with Crippen LogP contribution in [-0.2, 0) is 12.8 Å². The van der Waals surface area contributed by atoms with E-state index in [9.17, 15) is 9.50 Å². The van der Waals surface area contributed by atoms with Crippen LogP contribution in [0.3, 0.4) is 0 Å². The molecule has 1 aromatic rings. The molecule has 0 amide bonds. The first kappa shape index (κ1) is 9.62. The molecule has 3 N–H and O–H groups in total. The summed E-state index contributed by atoms with van der Waals surface area (Å²) in [5.41, 5.74) is 6.74. The summed E-state index contributed by atoms with van der Waals surface area (Å²) in [6.07, 6.45) is 1.87. The monoisotopic (exact) mass is 195 g/mol. The number of fused-ring (bicyclic) bond motifs is 1. The molecule has 76 valence electrons. The van der Waals surface area contributed by atoms with Gasteiger partial charge in [0.1, 0.15) is 5.82 Å². The second-order valence-corrected chi connectivity index (χ2v) is 4.02. The number of nitrogens with two attached hydrogens (primary N) is 1. The number of rotatable bonds is 1. The highest BCUT2D eigenvalue weighted by atomic mass is 19.1. The quantitative estimate of drug-likeness (QED) is 0.702. The summed E-state index contributed by atoms with van der Waals surface area (Å²) in [5, 5.41) is 9.98. The third kappa shape index (κ3) is 1.65. The molecule has 0 bridgehead atoms. The topological polar surface area (TPSA) is 46.2 Å². The van der Waals surface area contributed by atoms with Crippen LogP contribution in [0.4, 0.5) is 4.39 Å². The average Bonchev–Trinajstić information content (AvgIpc) is 2.19. The summed E-state index contributed by atoms with van der Waals surface area (Å²) in [7, 11) is 0. The zero-order valence-electron chi connectivity index (χ0n) is 7.96. The lowest BCUT2D eigenvalue weighted by Gasteiger charge is -2.32. The highest BCUT2D eigenvalue weighted by Gasteiger charge is 2.30. The maximum atomic E-state index is 12.9. The van der Waals surface area contributed by atoms with Gasteiger partial charge >= 0.3 is 0 Å². The summed E-state index contributed by atoms with van der Waals surface area (Å²) in [6.45, 7) is 0.268. The summed E-state index contributed by atoms with van der Waals surface area (Å²) in [5.74, 6) is -0.207. The Hall–Kier alpha value is -0.930. The molecule has 2 nitrogen and oxygen atoms in total. The van der Waals surface area contributed by atoms with E-state index in [2.05, 4.69) is 0 Å². The maximum absolute atomic E-state index is 12.9. The first-order valence-electron chi connectivity index (χ1n) is 4.83. The van der Waals surface area contributed by atoms with Gasteiger partial charge in [-0.3, -0.25) is 0 Å². The van der Waals surface area contributed by atoms with Gasteiger partial charge in [0.05, 0.1) is 5.60 Å². The Labute approximate surface area is 82.5 Å². The molecule has 1 atom stereocenters. The first-order valence-corrected chi connectivity index (χ1v) is 4.83. The molecule has 0 fully saturated rings. The third-order valence-corrected chi connectivity index (χ3v) is 2.93. The second-order valence-electron chi connectivity index (χ2n) is 4.02. The number of hydrogen-bond donors (Lipinski definition) is 2. The van der Waals surface area contributed by atoms with Gasteiger partial charge < -0.3 is 10.8 Å². The van der Waals surface area contributed by atoms with Crippen LogP contribution in [0.25, 0.3) is 0 Å². The van der Waals surface area contributed by atoms with E-state index in [1.807, 2.05) is 0 Å². The second kappa shape index (κ2) is 3.33. The molecule has 0 aromatic heterocycles. The van der Waals surface area contributed by atoms with E-state index >= 15 is 0 Å². The fraction of sp³-hybridized carbons (Fsp3) is 0.455. The summed E-state index contributed by atoms with van der Waals surface area (Å²) < 4.78 is 12.9. The van der Waals surface area contributed by atoms with Crippen molar-refractivity contribution in [3.8, 4) is 0 Å². The van der Waals surface area contributed by atoms with Crippen molar-refractivity contribution in [2.75, 3.05) is 6.54 Å². The van der Waals surface area contributed by atoms with Crippen molar-refractivity contribution in [1.82, 2.24) is 0 Å². The van der Waals surface area contributed by atoms with Crippen LogP contribution in [0.5, 0.6) is 0 Å². The van der Waals surface area contributed by atoms with Gasteiger partial charge in [0, 0.05) is 13.0 Å². The number of halogens is 1. The van der Waals surface area contributed by atoms with E-state index in [-0.39, 0.29) is 12.4 Å². The molecule has 14 heavy (non-hydrogen) atoms. The predicted molar refractivity (Wildman–Crippen MR) is 52.4 cm³/mol. The van der Waals surface area contributed by atoms with Crippen molar-refractivity contribution in [1.29, 1.82) is 0 Å². The van der Waals surface area contributed by atoms with Crippen molar-refractivity contribution < 1.29 is 9.50 Å². The van der Waals surface area contributed by atoms with Gasteiger partial charge in [0.2, 0.25) is 0 Å². The van der Waals surface area contributed by atoms with Crippen LogP contribution in [-0.4, -0.2) is 17.3 Å². The number of aryl methyl sites for hydroxylation is 1. The van der Waals surface area contributed by atoms with Gasteiger partial charge in [-0.15, -0.1) is 0 Å². The van der Waals surface area contributed by atoms with E-state index < -0.39 is 5.60 Å². The lowest BCUT2D eigenvalue weighted by Crippen LogP contribution is -2.42. The Morgan fingerprint density at radius 3 is 2.93 bits per heavy atom. The first-order chi connectivity index (χ1) is 6.63. The molecule has 1 aliphatic rings. The van der Waals surface area contributed by atoms with Gasteiger partial charge in [-0.1, -0.05) is 6.07 Å². The van der Waals surface area contributed by atoms with Crippen LogP contribution in [0.15, 0.2) is 18.2 Å². The van der Waals surface area contributed by atoms with Gasteiger partial charge in [-0.25, -0.2) is 4.39 Å². The SMILES string of the molecule is NCC1(O)CCc2cc(F)ccc2C1. The van der Waals surface area contributed by atoms with E-state index in [0.717, 1.165) is 11.1 Å². The van der Waals surface area contributed by atoms with Crippen molar-refractivity contribution in [2.24, 2.45) is 5.73 Å². The molecule has 1 aromatic carbocycles. The highest BCUT2D eigenvalue weighted by molar-refractivity contribution is 5.32. The van der Waals surface area contributed by atoms with Gasteiger partial charge in [-0.05, 0) is 36.1 Å². The summed E-state index contributed by atoms with van der Waals surface area (Å²) in [4.78, 5) is 0. The van der Waals surface area contributed by atoms with Gasteiger partial charge in [0.15, 0.2) is 0 Å². The minimum absolute atomic E-state index is 0.207. The largest absolute Gasteiger partial charge is 0.388 e. The molecule has 1 unspecified atom stereocenters. The standard InChI is InChI=1S/C11H14FNO/c12-10-2-1-9-6-11(14,7-13)4-3-8(9)5-10/h1-2,5,14H,3-4,6-7,13H2. The number of hydrogen-bond acceptors (Lipinski definition) is 2. The van der Waals surface area contributed by atoms with E-state index in [1.165, 1.54) is 6.07 Å². The van der Waals surface area contributed by atoms with Gasteiger partial charge in [0.25, 0.3) is 0 Å². The Balaban J connectivity index is 2.31. The smallest absolute Gasteiger partial charge is 0.123 e. The Kier molecular flexibility index (Phi) is 2.29. The average molecular weight is 195 g/mol. The van der Waals surface area contributed by atoms with Crippen LogP contribution in [0, 0.1) is 5.82 Å². The van der Waals surface area contributed by atoms with Crippen molar-refractivity contribution in [3.63, 3.8) is 0 Å². The van der Waals surface area contributed by atoms with E-state index in [1.54, 1.807) is 12.1 Å². The fourth-order valence-electron chi connectivity index (χ4n) is 1.98. The van der Waals surface area contributed by atoms with E-state index in [4.69, 9.17) is 5.73 Å². The molecule has 2 rings (SSSR count). The lowest BCUT2D eigenvalue weighted by molar-refractivity contribution is 0.0353. The zero-order valence-corrected chi connectivity index (χ0v) is 7.96. The molecule has 0 aliphatic heterocycles. The molecule has 0 heterocycles. The van der Waals surface area contributed by atoms with Crippen LogP contribution >= 0.6 is 0 Å². The highest BCUT2D eigenvalue weighted by Crippen LogP contribution is 2.28.